The molecule has 33 heavy (non-hydrogen) atoms. The maximum atomic E-state index is 13.2. The quantitative estimate of drug-likeness (QED) is 0.481. The van der Waals surface area contributed by atoms with E-state index in [-0.39, 0.29) is 11.5 Å². The highest BCUT2D eigenvalue weighted by Gasteiger charge is 2.20. The van der Waals surface area contributed by atoms with Crippen molar-refractivity contribution >= 4 is 11.7 Å². The zero-order valence-electron chi connectivity index (χ0n) is 19.5. The molecule has 10 heteroatoms. The number of H-pyrrole nitrogens is 1. The predicted molar refractivity (Wildman–Crippen MR) is 124 cm³/mol. The molecule has 0 atom stereocenters. The molecule has 1 amide bonds. The number of amides is 1. The van der Waals surface area contributed by atoms with Crippen molar-refractivity contribution in [3.05, 3.63) is 51.6 Å². The minimum atomic E-state index is -0.407. The molecule has 176 valence electrons. The fraction of sp³-hybridized carbons (Fsp3) is 0.391. The molecule has 3 aromatic rings. The van der Waals surface area contributed by atoms with E-state index in [0.717, 1.165) is 0 Å². The van der Waals surface area contributed by atoms with E-state index in [4.69, 9.17) is 14.2 Å². The average Bonchev–Trinajstić information content (AvgIpc) is 3.15. The predicted octanol–water partition coefficient (Wildman–Crippen LogP) is 3.27. The third-order valence-electron chi connectivity index (χ3n) is 4.59. The van der Waals surface area contributed by atoms with Gasteiger partial charge in [0.05, 0.1) is 25.5 Å². The smallest absolute Gasteiger partial charge is 0.257 e. The highest BCUT2D eigenvalue weighted by Crippen LogP contribution is 2.39. The summed E-state index contributed by atoms with van der Waals surface area (Å²) >= 11 is 0. The van der Waals surface area contributed by atoms with E-state index >= 15 is 0 Å². The topological polar surface area (TPSA) is 120 Å². The zero-order valence-corrected chi connectivity index (χ0v) is 19.5. The highest BCUT2D eigenvalue weighted by atomic mass is 16.5. The first-order valence-corrected chi connectivity index (χ1v) is 10.9. The van der Waals surface area contributed by atoms with Gasteiger partial charge in [-0.3, -0.25) is 14.6 Å². The number of hydrogen-bond donors (Lipinski definition) is 2. The number of aromatic nitrogens is 4. The van der Waals surface area contributed by atoms with Crippen molar-refractivity contribution in [2.75, 3.05) is 25.1 Å². The van der Waals surface area contributed by atoms with Crippen molar-refractivity contribution in [3.8, 4) is 23.2 Å². The van der Waals surface area contributed by atoms with E-state index in [1.807, 2.05) is 27.7 Å². The molecule has 3 rings (SSSR count). The third-order valence-corrected chi connectivity index (χ3v) is 4.59. The van der Waals surface area contributed by atoms with Gasteiger partial charge in [-0.25, -0.2) is 4.98 Å². The molecule has 0 aliphatic rings. The van der Waals surface area contributed by atoms with Crippen molar-refractivity contribution in [1.82, 2.24) is 19.7 Å². The van der Waals surface area contributed by atoms with Gasteiger partial charge in [0.15, 0.2) is 11.5 Å². The number of aryl methyl sites for hydroxylation is 2. The Hall–Kier alpha value is -3.82. The summed E-state index contributed by atoms with van der Waals surface area (Å²) < 4.78 is 18.5. The number of carbonyl (C=O) groups is 1. The molecule has 0 aliphatic carbocycles. The van der Waals surface area contributed by atoms with Gasteiger partial charge in [-0.2, -0.15) is 9.78 Å². The van der Waals surface area contributed by atoms with Crippen LogP contribution in [0.2, 0.25) is 0 Å². The standard InChI is InChI=1S/C23H29N5O5/c1-6-16-13-20(29)26-23(24-16)28-19(10-14(5)27-28)25-22(30)15-11-17(31-7-2)21(33-9-4)18(12-15)32-8-3/h10-13H,6-9H2,1-5H3,(H,25,30)(H,24,26,29). The van der Waals surface area contributed by atoms with Crippen molar-refractivity contribution in [1.29, 1.82) is 0 Å². The summed E-state index contributed by atoms with van der Waals surface area (Å²) in [5, 5.41) is 7.22. The minimum Gasteiger partial charge on any atom is -0.490 e. The molecule has 0 unspecified atom stereocenters. The van der Waals surface area contributed by atoms with Gasteiger partial charge >= 0.3 is 0 Å². The molecule has 2 aromatic heterocycles. The van der Waals surface area contributed by atoms with Crippen LogP contribution in [-0.4, -0.2) is 45.5 Å². The number of rotatable bonds is 10. The lowest BCUT2D eigenvalue weighted by Crippen LogP contribution is -2.19. The molecule has 0 fully saturated rings. The van der Waals surface area contributed by atoms with Crippen LogP contribution in [0.25, 0.3) is 5.95 Å². The lowest BCUT2D eigenvalue weighted by atomic mass is 10.1. The minimum absolute atomic E-state index is 0.222. The summed E-state index contributed by atoms with van der Waals surface area (Å²) in [6.45, 7) is 10.5. The third kappa shape index (κ3) is 5.51. The van der Waals surface area contributed by atoms with Gasteiger partial charge in [0.2, 0.25) is 11.7 Å². The Labute approximate surface area is 191 Å². The molecule has 0 bridgehead atoms. The van der Waals surface area contributed by atoms with E-state index in [2.05, 4.69) is 20.4 Å². The molecule has 1 aromatic carbocycles. The maximum absolute atomic E-state index is 13.2. The number of carbonyl (C=O) groups excluding carboxylic acids is 1. The summed E-state index contributed by atoms with van der Waals surface area (Å²) in [5.74, 6) is 1.47. The first-order chi connectivity index (χ1) is 15.9. The number of anilines is 1. The second-order valence-electron chi connectivity index (χ2n) is 7.05. The Kier molecular flexibility index (Phi) is 7.70. The van der Waals surface area contributed by atoms with Crippen LogP contribution < -0.4 is 25.1 Å². The van der Waals surface area contributed by atoms with Gasteiger partial charge in [0, 0.05) is 23.4 Å². The summed E-state index contributed by atoms with van der Waals surface area (Å²) in [4.78, 5) is 32.3. The monoisotopic (exact) mass is 455 g/mol. The normalized spacial score (nSPS) is 10.7. The fourth-order valence-corrected chi connectivity index (χ4v) is 3.23. The molecule has 0 aliphatic heterocycles. The summed E-state index contributed by atoms with van der Waals surface area (Å²) in [7, 11) is 0. The van der Waals surface area contributed by atoms with Crippen LogP contribution >= 0.6 is 0 Å². The lowest BCUT2D eigenvalue weighted by Gasteiger charge is -2.17. The van der Waals surface area contributed by atoms with Crippen LogP contribution in [-0.2, 0) is 6.42 Å². The van der Waals surface area contributed by atoms with Crippen LogP contribution in [0.3, 0.4) is 0 Å². The molecular weight excluding hydrogens is 426 g/mol. The van der Waals surface area contributed by atoms with Gasteiger partial charge in [0.25, 0.3) is 11.5 Å². The summed E-state index contributed by atoms with van der Waals surface area (Å²) in [5.41, 5.74) is 1.29. The summed E-state index contributed by atoms with van der Waals surface area (Å²) in [6, 6.07) is 6.34. The van der Waals surface area contributed by atoms with Crippen LogP contribution in [0.1, 0.15) is 49.4 Å². The van der Waals surface area contributed by atoms with Crippen LogP contribution in [0.4, 0.5) is 5.82 Å². The largest absolute Gasteiger partial charge is 0.490 e. The van der Waals surface area contributed by atoms with Gasteiger partial charge in [-0.15, -0.1) is 0 Å². The molecule has 2 N–H and O–H groups in total. The van der Waals surface area contributed by atoms with E-state index in [0.29, 0.717) is 66.3 Å². The molecule has 0 saturated heterocycles. The van der Waals surface area contributed by atoms with E-state index < -0.39 is 5.91 Å². The average molecular weight is 456 g/mol. The van der Waals surface area contributed by atoms with E-state index in [9.17, 15) is 9.59 Å². The lowest BCUT2D eigenvalue weighted by molar-refractivity contribution is 0.102. The number of ether oxygens (including phenoxy) is 3. The van der Waals surface area contributed by atoms with Crippen LogP contribution in [0.5, 0.6) is 17.2 Å². The highest BCUT2D eigenvalue weighted by molar-refractivity contribution is 6.04. The number of aromatic amines is 1. The van der Waals surface area contributed by atoms with Crippen molar-refractivity contribution in [2.45, 2.75) is 41.0 Å². The van der Waals surface area contributed by atoms with Gasteiger partial charge in [0.1, 0.15) is 5.82 Å². The Bertz CT molecular complexity index is 1160. The number of benzene rings is 1. The summed E-state index contributed by atoms with van der Waals surface area (Å²) in [6.07, 6.45) is 0.589. The maximum Gasteiger partial charge on any atom is 0.257 e. The number of nitrogens with zero attached hydrogens (tertiary/aromatic N) is 3. The zero-order chi connectivity index (χ0) is 24.0. The van der Waals surface area contributed by atoms with Gasteiger partial charge in [-0.1, -0.05) is 6.92 Å². The first-order valence-electron chi connectivity index (χ1n) is 10.9. The molecule has 10 nitrogen and oxygen atoms in total. The molecule has 2 heterocycles. The van der Waals surface area contributed by atoms with Crippen molar-refractivity contribution < 1.29 is 19.0 Å². The fourth-order valence-electron chi connectivity index (χ4n) is 3.23. The van der Waals surface area contributed by atoms with Gasteiger partial charge in [-0.05, 0) is 46.2 Å². The van der Waals surface area contributed by atoms with Crippen LogP contribution in [0.15, 0.2) is 29.1 Å². The van der Waals surface area contributed by atoms with E-state index in [1.165, 1.54) is 10.7 Å². The SMILES string of the molecule is CCOc1cc(C(=O)Nc2cc(C)nn2-c2nc(CC)cc(=O)[nH]2)cc(OCC)c1OCC. The number of hydrogen-bond acceptors (Lipinski definition) is 7. The number of nitrogens with one attached hydrogen (secondary N) is 2. The first kappa shape index (κ1) is 23.8. The van der Waals surface area contributed by atoms with Crippen molar-refractivity contribution in [3.63, 3.8) is 0 Å². The Morgan fingerprint density at radius 2 is 1.64 bits per heavy atom. The Morgan fingerprint density at radius 3 is 2.21 bits per heavy atom. The van der Waals surface area contributed by atoms with Crippen molar-refractivity contribution in [2.24, 2.45) is 0 Å². The molecule has 0 spiro atoms. The van der Waals surface area contributed by atoms with Gasteiger partial charge < -0.3 is 19.5 Å². The molecular formula is C23H29N5O5. The van der Waals surface area contributed by atoms with Crippen LogP contribution in [0, 0.1) is 6.92 Å². The second kappa shape index (κ2) is 10.7. The molecule has 0 radical (unpaired) electrons. The second-order valence-corrected chi connectivity index (χ2v) is 7.05. The Balaban J connectivity index is 2.00. The molecule has 0 saturated carbocycles. The van der Waals surface area contributed by atoms with E-state index in [1.54, 1.807) is 25.1 Å². The Morgan fingerprint density at radius 1 is 1.00 bits per heavy atom.